The third kappa shape index (κ3) is 5.89. The zero-order valence-corrected chi connectivity index (χ0v) is 20.7. The second-order valence-corrected chi connectivity index (χ2v) is 8.92. The second-order valence-electron chi connectivity index (χ2n) is 8.92. The maximum absolute atomic E-state index is 10.9. The number of fused-ring (bicyclic) bond motifs is 1. The maximum Gasteiger partial charge on any atom is 0.142 e. The van der Waals surface area contributed by atoms with E-state index in [0.717, 1.165) is 60.4 Å². The highest BCUT2D eigenvalue weighted by Gasteiger charge is 2.22. The number of nitrogen functional groups attached to an aromatic ring is 1. The van der Waals surface area contributed by atoms with E-state index in [0.29, 0.717) is 36.8 Å². The van der Waals surface area contributed by atoms with E-state index in [9.17, 15) is 5.11 Å². The van der Waals surface area contributed by atoms with Gasteiger partial charge in [0.25, 0.3) is 0 Å². The minimum atomic E-state index is 0.305. The average Bonchev–Trinajstić information content (AvgIpc) is 2.88. The molecule has 0 saturated carbocycles. The van der Waals surface area contributed by atoms with Crippen molar-refractivity contribution >= 4 is 5.69 Å². The maximum atomic E-state index is 10.9. The molecule has 1 aliphatic rings. The van der Waals surface area contributed by atoms with Crippen LogP contribution in [0.2, 0.25) is 0 Å². The molecule has 186 valence electrons. The number of methoxy groups -OCH3 is 2. The summed E-state index contributed by atoms with van der Waals surface area (Å²) in [6.45, 7) is 2.85. The Hall–Kier alpha value is -3.22. The molecule has 0 aliphatic heterocycles. The second kappa shape index (κ2) is 12.0. The topological polar surface area (TPSA) is 86.0 Å². The first-order chi connectivity index (χ1) is 17.1. The van der Waals surface area contributed by atoms with Gasteiger partial charge in [-0.2, -0.15) is 0 Å². The summed E-state index contributed by atoms with van der Waals surface area (Å²) in [5.74, 6) is 1.78. The first-order valence-electron chi connectivity index (χ1n) is 12.3. The molecule has 6 nitrogen and oxygen atoms in total. The summed E-state index contributed by atoms with van der Waals surface area (Å²) < 4.78 is 16.4. The van der Waals surface area contributed by atoms with Crippen LogP contribution in [0.1, 0.15) is 35.1 Å². The Morgan fingerprint density at radius 1 is 0.914 bits per heavy atom. The quantitative estimate of drug-likeness (QED) is 0.274. The minimum absolute atomic E-state index is 0.305. The lowest BCUT2D eigenvalue weighted by Gasteiger charge is -2.23. The van der Waals surface area contributed by atoms with Crippen LogP contribution in [0.3, 0.4) is 0 Å². The number of phenols is 1. The van der Waals surface area contributed by atoms with Gasteiger partial charge in [-0.1, -0.05) is 24.3 Å². The average molecular weight is 477 g/mol. The third-order valence-corrected chi connectivity index (χ3v) is 6.65. The van der Waals surface area contributed by atoms with Crippen LogP contribution in [-0.4, -0.2) is 45.6 Å². The number of hydrogen-bond donors (Lipinski definition) is 3. The van der Waals surface area contributed by atoms with Gasteiger partial charge in [0, 0.05) is 32.2 Å². The van der Waals surface area contributed by atoms with E-state index >= 15 is 0 Å². The molecule has 0 spiro atoms. The molecule has 1 aliphatic carbocycles. The largest absolute Gasteiger partial charge is 0.507 e. The van der Waals surface area contributed by atoms with Crippen LogP contribution in [0.5, 0.6) is 17.2 Å². The van der Waals surface area contributed by atoms with Crippen molar-refractivity contribution in [2.45, 2.75) is 32.1 Å². The first-order valence-corrected chi connectivity index (χ1v) is 12.3. The van der Waals surface area contributed by atoms with Gasteiger partial charge in [-0.3, -0.25) is 0 Å². The number of ether oxygens (including phenoxy) is 3. The lowest BCUT2D eigenvalue weighted by molar-refractivity contribution is 0.197. The first kappa shape index (κ1) is 24.9. The van der Waals surface area contributed by atoms with Gasteiger partial charge >= 0.3 is 0 Å². The summed E-state index contributed by atoms with van der Waals surface area (Å²) in [5.41, 5.74) is 13.7. The molecule has 0 saturated heterocycles. The van der Waals surface area contributed by atoms with Crippen molar-refractivity contribution < 1.29 is 19.3 Å². The van der Waals surface area contributed by atoms with Crippen LogP contribution in [0.15, 0.2) is 48.5 Å². The summed E-state index contributed by atoms with van der Waals surface area (Å²) in [4.78, 5) is 0. The van der Waals surface area contributed by atoms with Gasteiger partial charge in [0.2, 0.25) is 0 Å². The Bertz CT molecular complexity index is 1130. The molecule has 0 atom stereocenters. The molecule has 4 N–H and O–H groups in total. The molecule has 0 radical (unpaired) electrons. The minimum Gasteiger partial charge on any atom is -0.507 e. The Morgan fingerprint density at radius 2 is 1.69 bits per heavy atom. The Morgan fingerprint density at radius 3 is 2.46 bits per heavy atom. The molecule has 0 fully saturated rings. The molecular weight excluding hydrogens is 440 g/mol. The number of phenolic OH excluding ortho intramolecular Hbond substituents is 1. The van der Waals surface area contributed by atoms with Gasteiger partial charge < -0.3 is 30.4 Å². The summed E-state index contributed by atoms with van der Waals surface area (Å²) >= 11 is 0. The van der Waals surface area contributed by atoms with Crippen molar-refractivity contribution in [3.8, 4) is 28.4 Å². The van der Waals surface area contributed by atoms with Crippen molar-refractivity contribution in [3.63, 3.8) is 0 Å². The molecule has 35 heavy (non-hydrogen) atoms. The molecule has 3 aromatic rings. The Balaban J connectivity index is 1.58. The van der Waals surface area contributed by atoms with Gasteiger partial charge in [0.05, 0.1) is 19.4 Å². The van der Waals surface area contributed by atoms with Crippen LogP contribution < -0.4 is 20.5 Å². The number of aryl methyl sites for hydroxylation is 1. The molecule has 4 rings (SSSR count). The third-order valence-electron chi connectivity index (χ3n) is 6.65. The SMILES string of the molecule is COCCNCCOc1ccc(Cc2c(-c3c(O)ccc4c3CCCC4)ccc(OC)c2N)cc1. The monoisotopic (exact) mass is 476 g/mol. The fraction of sp³-hybridized carbons (Fsp3) is 0.379. The highest BCUT2D eigenvalue weighted by molar-refractivity contribution is 5.83. The van der Waals surface area contributed by atoms with Gasteiger partial charge in [0.15, 0.2) is 0 Å². The van der Waals surface area contributed by atoms with Crippen molar-refractivity contribution in [2.24, 2.45) is 0 Å². The van der Waals surface area contributed by atoms with Crippen molar-refractivity contribution in [3.05, 3.63) is 70.8 Å². The molecule has 0 aromatic heterocycles. The Labute approximate surface area is 208 Å². The van der Waals surface area contributed by atoms with Gasteiger partial charge in [-0.05, 0) is 77.8 Å². The fourth-order valence-corrected chi connectivity index (χ4v) is 4.81. The van der Waals surface area contributed by atoms with Crippen LogP contribution in [0.4, 0.5) is 5.69 Å². The van der Waals surface area contributed by atoms with E-state index in [-0.39, 0.29) is 0 Å². The van der Waals surface area contributed by atoms with Crippen molar-refractivity contribution in [1.82, 2.24) is 5.32 Å². The zero-order chi connectivity index (χ0) is 24.6. The van der Waals surface area contributed by atoms with Crippen LogP contribution in [0.25, 0.3) is 11.1 Å². The molecule has 0 amide bonds. The lowest BCUT2D eigenvalue weighted by Crippen LogP contribution is -2.24. The summed E-state index contributed by atoms with van der Waals surface area (Å²) in [6, 6.07) is 15.9. The van der Waals surface area contributed by atoms with Crippen molar-refractivity contribution in [1.29, 1.82) is 0 Å². The number of aromatic hydroxyl groups is 1. The number of hydrogen-bond acceptors (Lipinski definition) is 6. The predicted octanol–water partition coefficient (Wildman–Crippen LogP) is 4.73. The molecule has 3 aromatic carbocycles. The normalized spacial score (nSPS) is 12.9. The number of nitrogens with two attached hydrogens (primary N) is 1. The van der Waals surface area contributed by atoms with Gasteiger partial charge in [-0.15, -0.1) is 0 Å². The fourth-order valence-electron chi connectivity index (χ4n) is 4.81. The molecule has 0 unspecified atom stereocenters. The van der Waals surface area contributed by atoms with E-state index in [2.05, 4.69) is 23.5 Å². The Kier molecular flexibility index (Phi) is 8.50. The van der Waals surface area contributed by atoms with E-state index in [1.807, 2.05) is 30.3 Å². The van der Waals surface area contributed by atoms with E-state index in [1.165, 1.54) is 17.5 Å². The zero-order valence-electron chi connectivity index (χ0n) is 20.7. The highest BCUT2D eigenvalue weighted by Crippen LogP contribution is 2.43. The van der Waals surface area contributed by atoms with Crippen LogP contribution >= 0.6 is 0 Å². The number of rotatable bonds is 11. The highest BCUT2D eigenvalue weighted by atomic mass is 16.5. The van der Waals surface area contributed by atoms with Crippen molar-refractivity contribution in [2.75, 3.05) is 46.3 Å². The van der Waals surface area contributed by atoms with E-state index in [4.69, 9.17) is 19.9 Å². The number of anilines is 1. The molecule has 0 heterocycles. The molecular formula is C29H36N2O4. The van der Waals surface area contributed by atoms with E-state index in [1.54, 1.807) is 14.2 Å². The molecule has 6 heteroatoms. The predicted molar refractivity (Wildman–Crippen MR) is 141 cm³/mol. The smallest absolute Gasteiger partial charge is 0.142 e. The lowest BCUT2D eigenvalue weighted by atomic mass is 9.83. The number of nitrogens with one attached hydrogen (secondary N) is 1. The summed E-state index contributed by atoms with van der Waals surface area (Å²) in [5, 5.41) is 14.2. The van der Waals surface area contributed by atoms with Crippen LogP contribution in [-0.2, 0) is 24.0 Å². The summed E-state index contributed by atoms with van der Waals surface area (Å²) in [7, 11) is 3.32. The van der Waals surface area contributed by atoms with Gasteiger partial charge in [0.1, 0.15) is 23.9 Å². The molecule has 0 bridgehead atoms. The number of benzene rings is 3. The summed E-state index contributed by atoms with van der Waals surface area (Å²) in [6.07, 6.45) is 4.96. The van der Waals surface area contributed by atoms with Crippen LogP contribution in [0, 0.1) is 0 Å². The van der Waals surface area contributed by atoms with Gasteiger partial charge in [-0.25, -0.2) is 0 Å². The van der Waals surface area contributed by atoms with E-state index < -0.39 is 0 Å². The standard InChI is InChI=1S/C29H36N2O4/c1-33-17-15-31-16-18-35-22-10-7-20(8-11-22)19-25-24(12-14-27(34-2)29(25)30)28-23-6-4-3-5-21(23)9-13-26(28)32/h7-14,31-32H,3-6,15-19,30H2,1-2H3.